The summed E-state index contributed by atoms with van der Waals surface area (Å²) >= 11 is 11.8. The molecular formula is C109H121N9O14S4. The average molecular weight is 1910 g/mol. The lowest BCUT2D eigenvalue weighted by Gasteiger charge is -2.35. The van der Waals surface area contributed by atoms with E-state index in [1.165, 1.54) is 5.56 Å². The van der Waals surface area contributed by atoms with Gasteiger partial charge in [-0.15, -0.1) is 18.9 Å². The van der Waals surface area contributed by atoms with Crippen LogP contribution in [0.2, 0.25) is 0 Å². The third-order valence-corrected chi connectivity index (χ3v) is 32.7. The Hall–Kier alpha value is -11.5. The molecule has 0 N–H and O–H groups in total. The molecule has 10 aromatic rings. The highest BCUT2D eigenvalue weighted by atomic mass is 32.8. The Bertz CT molecular complexity index is 6310. The number of carbonyl (C=O) groups excluding carboxylic acids is 4. The highest BCUT2D eigenvalue weighted by Crippen LogP contribution is 2.47. The largest absolute Gasteiger partial charge is 0.493 e. The predicted molar refractivity (Wildman–Crippen MR) is 552 cm³/mol. The summed E-state index contributed by atoms with van der Waals surface area (Å²) < 4.78 is 61.6. The van der Waals surface area contributed by atoms with Gasteiger partial charge in [-0.05, 0) is 238 Å². The maximum Gasteiger partial charge on any atom is 0.261 e. The van der Waals surface area contributed by atoms with E-state index in [-0.39, 0.29) is 103 Å². The maximum absolute atomic E-state index is 14.2. The summed E-state index contributed by atoms with van der Waals surface area (Å²) in [6, 6.07) is 59.8. The number of aliphatic imine (C=N–C) groups is 3. The van der Waals surface area contributed by atoms with E-state index in [1.54, 1.807) is 26.4 Å². The molecule has 0 aromatic heterocycles. The molecule has 4 amide bonds. The van der Waals surface area contributed by atoms with Crippen LogP contribution in [0.1, 0.15) is 163 Å². The van der Waals surface area contributed by atoms with Crippen LogP contribution in [0.4, 0.5) is 51.2 Å². The van der Waals surface area contributed by atoms with Crippen LogP contribution in [0.5, 0.6) is 34.5 Å². The van der Waals surface area contributed by atoms with Crippen LogP contribution < -0.4 is 57.8 Å². The lowest BCUT2D eigenvalue weighted by atomic mass is 9.99. The second-order valence-electron chi connectivity index (χ2n) is 37.1. The normalized spacial score (nSPS) is 17.2. The maximum atomic E-state index is 14.2. The molecule has 6 atom stereocenters. The summed E-state index contributed by atoms with van der Waals surface area (Å²) in [4.78, 5) is 83.2. The summed E-state index contributed by atoms with van der Waals surface area (Å²) in [6.45, 7) is 25.2. The molecule has 8 aliphatic heterocycles. The number of fused-ring (bicyclic) bond motifs is 16. The fraction of sp³-hybridized carbons (Fsp3) is 0.385. The summed E-state index contributed by atoms with van der Waals surface area (Å²) in [5, 5.41) is 0. The third-order valence-electron chi connectivity index (χ3n) is 26.6. The van der Waals surface area contributed by atoms with E-state index in [1.807, 2.05) is 161 Å². The van der Waals surface area contributed by atoms with Gasteiger partial charge >= 0.3 is 0 Å². The molecule has 0 saturated heterocycles. The van der Waals surface area contributed by atoms with Gasteiger partial charge < -0.3 is 62.1 Å². The summed E-state index contributed by atoms with van der Waals surface area (Å²) in [7, 11) is 2.60. The summed E-state index contributed by atoms with van der Waals surface area (Å²) in [6.07, 6.45) is 16.4. The molecule has 710 valence electrons. The fourth-order valence-corrected chi connectivity index (χ4v) is 20.1. The Morgan fingerprint density at radius 3 is 1.10 bits per heavy atom. The second-order valence-corrected chi connectivity index (χ2v) is 44.1. The number of aryl methyl sites for hydroxylation is 3. The number of rotatable bonds is 38. The van der Waals surface area contributed by atoms with Crippen molar-refractivity contribution in [1.29, 1.82) is 0 Å². The number of methoxy groups -OCH3 is 2. The molecule has 8 heterocycles. The zero-order valence-electron chi connectivity index (χ0n) is 79.7. The molecule has 0 aliphatic carbocycles. The van der Waals surface area contributed by atoms with Crippen molar-refractivity contribution < 1.29 is 66.5 Å². The van der Waals surface area contributed by atoms with E-state index >= 15 is 0 Å². The van der Waals surface area contributed by atoms with E-state index in [0.29, 0.717) is 153 Å². The number of nitrogens with zero attached hydrogens (tertiary/aromatic N) is 9. The quantitative estimate of drug-likeness (QED) is 0.0329. The van der Waals surface area contributed by atoms with Crippen molar-refractivity contribution in [2.45, 2.75) is 167 Å². The van der Waals surface area contributed by atoms with Gasteiger partial charge in [0.25, 0.3) is 23.6 Å². The topological polar surface area (TPSA) is 217 Å². The first-order valence-electron chi connectivity index (χ1n) is 47.1. The molecule has 2 unspecified atom stereocenters. The van der Waals surface area contributed by atoms with Crippen LogP contribution in [0, 0.1) is 13.8 Å². The van der Waals surface area contributed by atoms with Crippen molar-refractivity contribution >= 4 is 135 Å². The molecule has 0 fully saturated rings. The number of anilines is 6. The zero-order valence-corrected chi connectivity index (χ0v) is 83.0. The highest BCUT2D eigenvalue weighted by Gasteiger charge is 2.42. The van der Waals surface area contributed by atoms with E-state index < -0.39 is 0 Å². The minimum absolute atomic E-state index is 0.00151. The van der Waals surface area contributed by atoms with Crippen molar-refractivity contribution in [3.63, 3.8) is 0 Å². The smallest absolute Gasteiger partial charge is 0.261 e. The molecule has 23 nitrogen and oxygen atoms in total. The zero-order chi connectivity index (χ0) is 95.1. The van der Waals surface area contributed by atoms with E-state index in [0.717, 1.165) is 141 Å². The van der Waals surface area contributed by atoms with E-state index in [9.17, 15) is 19.2 Å². The lowest BCUT2D eigenvalue weighted by molar-refractivity contribution is 0.0505. The average Bonchev–Trinajstić information content (AvgIpc) is 1.62. The van der Waals surface area contributed by atoms with Crippen LogP contribution in [0.3, 0.4) is 0 Å². The molecule has 0 radical (unpaired) electrons. The second kappa shape index (κ2) is 42.6. The predicted octanol–water partition coefficient (Wildman–Crippen LogP) is 19.2. The number of hydrogen-bond donors (Lipinski definition) is 0. The SMILES string of the molecule is CCCOCCOCCN(CC(C)(C)S(C)=S)c1cc(COc2cc3c(cc2C)C(=O)N2c4ccccc4C[C@H]2C=N3)cc(COc2cc3c(cc2OC)C(=O)N2c4ccccc4C[C@H]2C=N3)c1.CCCOCCOCCN(CC(C)(C)S(C)=S)c1cc(COc2cc3c(cc2C)C(=O)N2c4ccccc4C[C@H]2C=N3)cc(COc2cc3c(cc2OC)C(=O)N2c4ccccc4C[C@H]2CC3)c1. The minimum Gasteiger partial charge on any atom is -0.493 e. The van der Waals surface area contributed by atoms with Crippen LogP contribution >= 0.6 is 0 Å². The summed E-state index contributed by atoms with van der Waals surface area (Å²) in [5.74, 6) is 3.05. The number of hydrogen-bond acceptors (Lipinski definition) is 21. The van der Waals surface area contributed by atoms with E-state index in [4.69, 9.17) is 84.7 Å². The Kier molecular flexibility index (Phi) is 30.1. The van der Waals surface area contributed by atoms with Gasteiger partial charge in [0.15, 0.2) is 23.0 Å². The Morgan fingerprint density at radius 2 is 0.713 bits per heavy atom. The van der Waals surface area contributed by atoms with Crippen LogP contribution in [-0.2, 0) is 119 Å². The Labute approximate surface area is 812 Å². The lowest BCUT2D eigenvalue weighted by Crippen LogP contribution is -2.43. The van der Waals surface area contributed by atoms with Crippen LogP contribution in [-0.4, -0.2) is 182 Å². The molecule has 18 rings (SSSR count). The number of carbonyl (C=O) groups is 4. The van der Waals surface area contributed by atoms with Crippen molar-refractivity contribution in [3.05, 3.63) is 265 Å². The minimum atomic E-state index is -0.301. The standard InChI is InChI=1S/C55H62N4O7S2.C54H59N5O7S2/c1-7-19-63-21-22-64-20-18-57(35-55(3,4)68(6)67)43-25-37(33-65-50-31-47-46(23-36(50)2)54(61)59-44(32-56-47)28-41-13-9-11-15-49(41)59)24-38(26-43)34-66-52-29-39-16-17-42-27-40-12-8-10-14-48(40)58(42)53(60)45(39)30-51(52)62-5;1-7-17-63-19-20-64-18-16-57(34-54(3,4)68(6)67)40-23-36(32-65-49-28-45-43(21-35(49)2)52(60)58-41(30-55-45)25-38-12-8-10-14-47(38)58)22-37(24-40)33-66-51-29-46-44(27-50(51)62-5)53(61)59-42(31-56-46)26-39-13-9-11-15-48(39)59/h8-15,23-26,29-32,42,44H,7,16-22,27-28,33-35H2,1-6H3;8-15,21-24,27-31,41-42H,7,16-20,25-26,32-34H2,1-6H3/t42-,44+,68?;41-,42-,68?/m10/s1. The van der Waals surface area contributed by atoms with Crippen LogP contribution in [0.25, 0.3) is 0 Å². The van der Waals surface area contributed by atoms with Gasteiger partial charge in [0, 0.05) is 151 Å². The van der Waals surface area contributed by atoms with Gasteiger partial charge in [0.05, 0.1) is 106 Å². The highest BCUT2D eigenvalue weighted by molar-refractivity contribution is 8.29. The van der Waals surface area contributed by atoms with Gasteiger partial charge in [0.2, 0.25) is 0 Å². The molecular weight excluding hydrogens is 1790 g/mol. The van der Waals surface area contributed by atoms with Gasteiger partial charge in [-0.1, -0.05) is 109 Å². The van der Waals surface area contributed by atoms with E-state index in [2.05, 4.69) is 125 Å². The van der Waals surface area contributed by atoms with Gasteiger partial charge in [-0.2, -0.15) is 0 Å². The molecule has 136 heavy (non-hydrogen) atoms. The molecule has 0 spiro atoms. The monoisotopic (exact) mass is 1910 g/mol. The van der Waals surface area contributed by atoms with Crippen LogP contribution in [0.15, 0.2) is 197 Å². The number of ether oxygens (including phenoxy) is 10. The van der Waals surface area contributed by atoms with Crippen molar-refractivity contribution in [2.75, 3.05) is 135 Å². The number of para-hydroxylation sites is 4. The molecule has 10 aromatic carbocycles. The Morgan fingerprint density at radius 1 is 0.382 bits per heavy atom. The van der Waals surface area contributed by atoms with Crippen molar-refractivity contribution in [3.8, 4) is 34.5 Å². The third kappa shape index (κ3) is 21.1. The first-order chi connectivity index (χ1) is 65.8. The number of amides is 4. The fourth-order valence-electron chi connectivity index (χ4n) is 19.1. The van der Waals surface area contributed by atoms with Gasteiger partial charge in [0.1, 0.15) is 37.9 Å². The first-order valence-corrected chi connectivity index (χ1v) is 52.2. The molecule has 0 saturated carbocycles. The Balaban J connectivity index is 0.000000189. The number of benzene rings is 10. The molecule has 27 heteroatoms. The summed E-state index contributed by atoms with van der Waals surface area (Å²) in [5.41, 5.74) is 20.6. The van der Waals surface area contributed by atoms with Crippen molar-refractivity contribution in [2.24, 2.45) is 15.0 Å². The van der Waals surface area contributed by atoms with Crippen molar-refractivity contribution in [1.82, 2.24) is 0 Å². The first kappa shape index (κ1) is 96.2. The van der Waals surface area contributed by atoms with Gasteiger partial charge in [-0.25, -0.2) is 0 Å². The van der Waals surface area contributed by atoms with Gasteiger partial charge in [-0.3, -0.25) is 48.9 Å². The molecule has 8 aliphatic rings. The molecule has 0 bridgehead atoms.